The molecular formula is C9H9Cl2N5. The first-order valence-corrected chi connectivity index (χ1v) is 5.28. The Balaban J connectivity index is 2.33. The molecule has 0 atom stereocenters. The zero-order valence-electron chi connectivity index (χ0n) is 8.70. The Kier molecular flexibility index (Phi) is 2.98. The molecule has 0 amide bonds. The Hall–Kier alpha value is -1.33. The summed E-state index contributed by atoms with van der Waals surface area (Å²) in [7, 11) is 1.84. The standard InChI is InChI=1S/C9H9Cl2N5/c1-5-7(4-16(2)15-5)12-6-3-8(10)13-14-9(6)11/h3-4H,1-2H3,(H,12,13). The highest BCUT2D eigenvalue weighted by molar-refractivity contribution is 6.33. The summed E-state index contributed by atoms with van der Waals surface area (Å²) in [6, 6.07) is 1.61. The lowest BCUT2D eigenvalue weighted by atomic mass is 10.3. The summed E-state index contributed by atoms with van der Waals surface area (Å²) in [5.41, 5.74) is 2.33. The van der Waals surface area contributed by atoms with Crippen molar-refractivity contribution in [3.05, 3.63) is 28.3 Å². The minimum atomic E-state index is 0.271. The second-order valence-corrected chi connectivity index (χ2v) is 4.04. The van der Waals surface area contributed by atoms with Crippen LogP contribution < -0.4 is 5.32 Å². The molecule has 7 heteroatoms. The number of aryl methyl sites for hydroxylation is 2. The fourth-order valence-corrected chi connectivity index (χ4v) is 1.59. The number of hydrogen-bond acceptors (Lipinski definition) is 4. The maximum atomic E-state index is 5.88. The summed E-state index contributed by atoms with van der Waals surface area (Å²) in [5, 5.41) is 15.2. The van der Waals surface area contributed by atoms with Crippen LogP contribution in [0.2, 0.25) is 10.3 Å². The van der Waals surface area contributed by atoms with Crippen LogP contribution in [0.25, 0.3) is 0 Å². The van der Waals surface area contributed by atoms with Gasteiger partial charge in [-0.3, -0.25) is 4.68 Å². The molecular weight excluding hydrogens is 249 g/mol. The number of hydrogen-bond donors (Lipinski definition) is 1. The number of halogens is 2. The number of nitrogens with one attached hydrogen (secondary N) is 1. The van der Waals surface area contributed by atoms with E-state index in [1.54, 1.807) is 10.7 Å². The first-order valence-electron chi connectivity index (χ1n) is 4.52. The summed E-state index contributed by atoms with van der Waals surface area (Å²) >= 11 is 11.6. The molecule has 0 aliphatic heterocycles. The van der Waals surface area contributed by atoms with Crippen molar-refractivity contribution in [2.45, 2.75) is 6.92 Å². The quantitative estimate of drug-likeness (QED) is 0.899. The van der Waals surface area contributed by atoms with E-state index in [2.05, 4.69) is 20.6 Å². The normalized spacial score (nSPS) is 10.5. The van der Waals surface area contributed by atoms with Crippen LogP contribution in [0.5, 0.6) is 0 Å². The average molecular weight is 258 g/mol. The van der Waals surface area contributed by atoms with E-state index in [-0.39, 0.29) is 10.3 Å². The maximum absolute atomic E-state index is 5.88. The van der Waals surface area contributed by atoms with Crippen molar-refractivity contribution in [3.63, 3.8) is 0 Å². The molecule has 0 radical (unpaired) electrons. The third-order valence-electron chi connectivity index (χ3n) is 2.00. The molecule has 0 aliphatic rings. The minimum Gasteiger partial charge on any atom is -0.350 e. The molecule has 2 heterocycles. The van der Waals surface area contributed by atoms with Gasteiger partial charge in [0.2, 0.25) is 0 Å². The smallest absolute Gasteiger partial charge is 0.175 e. The van der Waals surface area contributed by atoms with Crippen LogP contribution in [0.1, 0.15) is 5.69 Å². The molecule has 2 aromatic rings. The maximum Gasteiger partial charge on any atom is 0.175 e. The van der Waals surface area contributed by atoms with Gasteiger partial charge < -0.3 is 5.32 Å². The Bertz CT molecular complexity index is 523. The van der Waals surface area contributed by atoms with E-state index in [1.807, 2.05) is 20.2 Å². The van der Waals surface area contributed by atoms with Gasteiger partial charge in [-0.05, 0) is 6.92 Å². The molecule has 2 rings (SSSR count). The Morgan fingerprint density at radius 3 is 2.62 bits per heavy atom. The predicted octanol–water partition coefficient (Wildman–Crippen LogP) is 2.57. The Morgan fingerprint density at radius 1 is 1.25 bits per heavy atom. The third-order valence-corrected chi connectivity index (χ3v) is 2.47. The number of anilines is 2. The lowest BCUT2D eigenvalue weighted by Crippen LogP contribution is -1.95. The van der Waals surface area contributed by atoms with Crippen molar-refractivity contribution in [2.75, 3.05) is 5.32 Å². The molecule has 0 aliphatic carbocycles. The van der Waals surface area contributed by atoms with Gasteiger partial charge in [-0.2, -0.15) is 5.10 Å². The van der Waals surface area contributed by atoms with Gasteiger partial charge in [-0.15, -0.1) is 10.2 Å². The zero-order valence-corrected chi connectivity index (χ0v) is 10.2. The number of rotatable bonds is 2. The van der Waals surface area contributed by atoms with Crippen LogP contribution in [0, 0.1) is 6.92 Å². The van der Waals surface area contributed by atoms with Gasteiger partial charge in [0, 0.05) is 19.3 Å². The SMILES string of the molecule is Cc1nn(C)cc1Nc1cc(Cl)nnc1Cl. The van der Waals surface area contributed by atoms with Gasteiger partial charge in [-0.1, -0.05) is 23.2 Å². The number of nitrogens with zero attached hydrogens (tertiary/aromatic N) is 4. The molecule has 0 unspecified atom stereocenters. The highest BCUT2D eigenvalue weighted by Gasteiger charge is 2.08. The van der Waals surface area contributed by atoms with Crippen molar-refractivity contribution in [3.8, 4) is 0 Å². The summed E-state index contributed by atoms with van der Waals surface area (Å²) < 4.78 is 1.71. The fourth-order valence-electron chi connectivity index (χ4n) is 1.31. The second-order valence-electron chi connectivity index (χ2n) is 3.30. The molecule has 0 spiro atoms. The molecule has 1 N–H and O–H groups in total. The monoisotopic (exact) mass is 257 g/mol. The molecule has 5 nitrogen and oxygen atoms in total. The van der Waals surface area contributed by atoms with E-state index < -0.39 is 0 Å². The van der Waals surface area contributed by atoms with Crippen LogP contribution in [-0.4, -0.2) is 20.0 Å². The topological polar surface area (TPSA) is 55.6 Å². The van der Waals surface area contributed by atoms with Crippen LogP contribution in [0.15, 0.2) is 12.3 Å². The molecule has 0 aromatic carbocycles. The van der Waals surface area contributed by atoms with E-state index >= 15 is 0 Å². The van der Waals surface area contributed by atoms with E-state index in [0.717, 1.165) is 11.4 Å². The Morgan fingerprint density at radius 2 is 2.00 bits per heavy atom. The van der Waals surface area contributed by atoms with Gasteiger partial charge in [0.15, 0.2) is 10.3 Å². The number of aromatic nitrogens is 4. The first kappa shape index (κ1) is 11.2. The first-order chi connectivity index (χ1) is 7.56. The van der Waals surface area contributed by atoms with Gasteiger partial charge in [-0.25, -0.2) is 0 Å². The summed E-state index contributed by atoms with van der Waals surface area (Å²) in [5.74, 6) is 0. The van der Waals surface area contributed by atoms with Crippen LogP contribution in [-0.2, 0) is 7.05 Å². The minimum absolute atomic E-state index is 0.271. The molecule has 2 aromatic heterocycles. The third kappa shape index (κ3) is 2.25. The molecule has 84 valence electrons. The predicted molar refractivity (Wildman–Crippen MR) is 63.3 cm³/mol. The highest BCUT2D eigenvalue weighted by Crippen LogP contribution is 2.26. The molecule has 0 saturated heterocycles. The van der Waals surface area contributed by atoms with Crippen molar-refractivity contribution >= 4 is 34.6 Å². The van der Waals surface area contributed by atoms with E-state index in [4.69, 9.17) is 23.2 Å². The zero-order chi connectivity index (χ0) is 11.7. The van der Waals surface area contributed by atoms with E-state index in [9.17, 15) is 0 Å². The molecule has 0 saturated carbocycles. The van der Waals surface area contributed by atoms with Crippen molar-refractivity contribution in [2.24, 2.45) is 7.05 Å². The van der Waals surface area contributed by atoms with Crippen LogP contribution in [0.3, 0.4) is 0 Å². The molecule has 16 heavy (non-hydrogen) atoms. The molecule has 0 fully saturated rings. The lowest BCUT2D eigenvalue weighted by molar-refractivity contribution is 0.756. The summed E-state index contributed by atoms with van der Waals surface area (Å²) in [6.45, 7) is 1.90. The second kappa shape index (κ2) is 4.27. The van der Waals surface area contributed by atoms with Gasteiger partial charge in [0.05, 0.1) is 17.1 Å². The molecule has 0 bridgehead atoms. The van der Waals surface area contributed by atoms with Gasteiger partial charge in [0.1, 0.15) is 0 Å². The lowest BCUT2D eigenvalue weighted by Gasteiger charge is -2.05. The summed E-state index contributed by atoms with van der Waals surface area (Å²) in [6.07, 6.45) is 1.85. The van der Waals surface area contributed by atoms with Crippen LogP contribution in [0.4, 0.5) is 11.4 Å². The van der Waals surface area contributed by atoms with Gasteiger partial charge >= 0.3 is 0 Å². The average Bonchev–Trinajstić information content (AvgIpc) is 2.51. The van der Waals surface area contributed by atoms with Crippen molar-refractivity contribution in [1.82, 2.24) is 20.0 Å². The van der Waals surface area contributed by atoms with E-state index in [0.29, 0.717) is 5.69 Å². The van der Waals surface area contributed by atoms with Gasteiger partial charge in [0.25, 0.3) is 0 Å². The Labute approximate surface area is 102 Å². The largest absolute Gasteiger partial charge is 0.350 e. The summed E-state index contributed by atoms with van der Waals surface area (Å²) in [4.78, 5) is 0. The fraction of sp³-hybridized carbons (Fsp3) is 0.222. The van der Waals surface area contributed by atoms with Crippen LogP contribution >= 0.6 is 23.2 Å². The van der Waals surface area contributed by atoms with Crippen molar-refractivity contribution in [1.29, 1.82) is 0 Å². The van der Waals surface area contributed by atoms with E-state index in [1.165, 1.54) is 0 Å². The highest BCUT2D eigenvalue weighted by atomic mass is 35.5. The van der Waals surface area contributed by atoms with Crippen molar-refractivity contribution < 1.29 is 0 Å².